The summed E-state index contributed by atoms with van der Waals surface area (Å²) in [5, 5.41) is 11.6. The molecule has 148 valence electrons. The highest BCUT2D eigenvalue weighted by atomic mass is 19.2. The highest BCUT2D eigenvalue weighted by Crippen LogP contribution is 2.49. The van der Waals surface area contributed by atoms with Gasteiger partial charge >= 0.3 is 0 Å². The predicted molar refractivity (Wildman–Crippen MR) is 99.2 cm³/mol. The monoisotopic (exact) mass is 397 g/mol. The first-order valence-corrected chi connectivity index (χ1v) is 9.23. The maximum Gasteiger partial charge on any atom is 0.264 e. The Morgan fingerprint density at radius 2 is 1.97 bits per heavy atom. The molecular formula is C22H17F2NO4. The fourth-order valence-electron chi connectivity index (χ4n) is 4.17. The van der Waals surface area contributed by atoms with E-state index in [1.54, 1.807) is 36.4 Å². The third-order valence-electron chi connectivity index (χ3n) is 5.65. The Balaban J connectivity index is 1.52. The van der Waals surface area contributed by atoms with E-state index in [2.05, 4.69) is 0 Å². The SMILES string of the molecule is O=C1N(Cc2ccc(F)c(F)c2)c2ccccc2C1(O)C1C=CC2=C(C1)OCO2. The van der Waals surface area contributed by atoms with Gasteiger partial charge in [0.25, 0.3) is 5.91 Å². The van der Waals surface area contributed by atoms with Gasteiger partial charge in [-0.05, 0) is 29.8 Å². The molecule has 29 heavy (non-hydrogen) atoms. The highest BCUT2D eigenvalue weighted by molar-refractivity contribution is 6.07. The molecule has 2 aromatic carbocycles. The van der Waals surface area contributed by atoms with Crippen molar-refractivity contribution in [2.24, 2.45) is 5.92 Å². The maximum absolute atomic E-state index is 13.6. The lowest BCUT2D eigenvalue weighted by Gasteiger charge is -2.31. The van der Waals surface area contributed by atoms with Crippen LogP contribution in [0.4, 0.5) is 14.5 Å². The normalized spacial score (nSPS) is 25.0. The van der Waals surface area contributed by atoms with Gasteiger partial charge in [-0.1, -0.05) is 30.3 Å². The summed E-state index contributed by atoms with van der Waals surface area (Å²) in [6.45, 7) is 0.131. The van der Waals surface area contributed by atoms with E-state index in [4.69, 9.17) is 9.47 Å². The summed E-state index contributed by atoms with van der Waals surface area (Å²) in [6.07, 6.45) is 3.78. The van der Waals surface area contributed by atoms with E-state index in [9.17, 15) is 18.7 Å². The van der Waals surface area contributed by atoms with Gasteiger partial charge in [-0.3, -0.25) is 4.79 Å². The van der Waals surface area contributed by atoms with Crippen molar-refractivity contribution in [2.45, 2.75) is 18.6 Å². The van der Waals surface area contributed by atoms with Crippen LogP contribution in [-0.4, -0.2) is 17.8 Å². The molecule has 5 nitrogen and oxygen atoms in total. The number of anilines is 1. The molecule has 0 saturated heterocycles. The van der Waals surface area contributed by atoms with Crippen molar-refractivity contribution in [2.75, 3.05) is 11.7 Å². The Kier molecular flexibility index (Phi) is 3.96. The largest absolute Gasteiger partial charge is 0.458 e. The average molecular weight is 397 g/mol. The number of ether oxygens (including phenoxy) is 2. The molecule has 1 amide bonds. The molecule has 5 rings (SSSR count). The van der Waals surface area contributed by atoms with Crippen molar-refractivity contribution in [1.29, 1.82) is 0 Å². The third-order valence-corrected chi connectivity index (χ3v) is 5.65. The number of hydrogen-bond donors (Lipinski definition) is 1. The van der Waals surface area contributed by atoms with Crippen molar-refractivity contribution in [3.8, 4) is 0 Å². The van der Waals surface area contributed by atoms with Gasteiger partial charge in [0.05, 0.1) is 12.2 Å². The fourth-order valence-corrected chi connectivity index (χ4v) is 4.17. The molecule has 0 aromatic heterocycles. The van der Waals surface area contributed by atoms with Crippen molar-refractivity contribution in [3.05, 3.63) is 88.9 Å². The zero-order valence-corrected chi connectivity index (χ0v) is 15.3. The van der Waals surface area contributed by atoms with Crippen LogP contribution in [0.2, 0.25) is 0 Å². The summed E-state index contributed by atoms with van der Waals surface area (Å²) >= 11 is 0. The standard InChI is InChI=1S/C22H17F2NO4/c23-16-7-5-13(9-17(16)24)11-25-18-4-2-1-3-15(18)22(27,21(25)26)14-6-8-19-20(10-14)29-12-28-19/h1-9,14,27H,10-12H2. The molecule has 0 fully saturated rings. The van der Waals surface area contributed by atoms with Gasteiger partial charge in [-0.15, -0.1) is 0 Å². The van der Waals surface area contributed by atoms with Gasteiger partial charge in [-0.2, -0.15) is 0 Å². The highest BCUT2D eigenvalue weighted by Gasteiger charge is 2.54. The minimum absolute atomic E-state index is 0.0132. The van der Waals surface area contributed by atoms with E-state index in [1.165, 1.54) is 11.0 Å². The molecule has 1 aliphatic carbocycles. The van der Waals surface area contributed by atoms with Crippen LogP contribution in [0.3, 0.4) is 0 Å². The number of amides is 1. The van der Waals surface area contributed by atoms with E-state index in [0.717, 1.165) is 12.1 Å². The van der Waals surface area contributed by atoms with Gasteiger partial charge in [-0.25, -0.2) is 8.78 Å². The van der Waals surface area contributed by atoms with E-state index < -0.39 is 29.1 Å². The number of rotatable bonds is 3. The summed E-state index contributed by atoms with van der Waals surface area (Å²) in [4.78, 5) is 14.8. The molecule has 7 heteroatoms. The molecule has 0 bridgehead atoms. The van der Waals surface area contributed by atoms with Crippen LogP contribution in [0, 0.1) is 17.6 Å². The Morgan fingerprint density at radius 3 is 2.79 bits per heavy atom. The first-order valence-electron chi connectivity index (χ1n) is 9.23. The van der Waals surface area contributed by atoms with Gasteiger partial charge in [0.1, 0.15) is 5.76 Å². The molecule has 2 aromatic rings. The van der Waals surface area contributed by atoms with Crippen LogP contribution >= 0.6 is 0 Å². The molecule has 2 atom stereocenters. The van der Waals surface area contributed by atoms with Gasteiger partial charge in [0.15, 0.2) is 23.0 Å². The Bertz CT molecular complexity index is 1080. The number of carbonyl (C=O) groups is 1. The molecule has 2 aliphatic heterocycles. The zero-order valence-electron chi connectivity index (χ0n) is 15.3. The van der Waals surface area contributed by atoms with Crippen molar-refractivity contribution in [3.63, 3.8) is 0 Å². The first kappa shape index (κ1) is 17.9. The number of allylic oxidation sites excluding steroid dienone is 2. The minimum Gasteiger partial charge on any atom is -0.458 e. The number of benzene rings is 2. The number of aliphatic hydroxyl groups is 1. The number of halogens is 2. The van der Waals surface area contributed by atoms with E-state index in [-0.39, 0.29) is 13.3 Å². The molecule has 1 N–H and O–H groups in total. The van der Waals surface area contributed by atoms with Gasteiger partial charge in [0.2, 0.25) is 6.79 Å². The van der Waals surface area contributed by atoms with Crippen LogP contribution in [0.1, 0.15) is 17.5 Å². The second-order valence-corrected chi connectivity index (χ2v) is 7.29. The number of nitrogens with zero attached hydrogens (tertiary/aromatic N) is 1. The Morgan fingerprint density at radius 1 is 1.14 bits per heavy atom. The first-order chi connectivity index (χ1) is 14.0. The maximum atomic E-state index is 13.6. The molecular weight excluding hydrogens is 380 g/mol. The lowest BCUT2D eigenvalue weighted by molar-refractivity contribution is -0.140. The number of hydrogen-bond acceptors (Lipinski definition) is 4. The molecule has 2 heterocycles. The summed E-state index contributed by atoms with van der Waals surface area (Å²) in [5.74, 6) is -1.77. The smallest absolute Gasteiger partial charge is 0.264 e. The summed E-state index contributed by atoms with van der Waals surface area (Å²) < 4.78 is 37.7. The minimum atomic E-state index is -1.80. The van der Waals surface area contributed by atoms with E-state index in [1.807, 2.05) is 0 Å². The second kappa shape index (κ2) is 6.42. The van der Waals surface area contributed by atoms with Crippen LogP contribution in [0.25, 0.3) is 0 Å². The number of para-hydroxylation sites is 1. The predicted octanol–water partition coefficient (Wildman–Crippen LogP) is 3.49. The van der Waals surface area contributed by atoms with E-state index in [0.29, 0.717) is 34.8 Å². The Labute approximate surface area is 165 Å². The van der Waals surface area contributed by atoms with Crippen molar-refractivity contribution >= 4 is 11.6 Å². The van der Waals surface area contributed by atoms with Crippen molar-refractivity contribution in [1.82, 2.24) is 0 Å². The van der Waals surface area contributed by atoms with Crippen LogP contribution in [0.5, 0.6) is 0 Å². The van der Waals surface area contributed by atoms with E-state index >= 15 is 0 Å². The average Bonchev–Trinajstić information content (AvgIpc) is 3.28. The number of carbonyl (C=O) groups excluding carboxylic acids is 1. The van der Waals surface area contributed by atoms with Crippen LogP contribution in [0.15, 0.2) is 66.1 Å². The van der Waals surface area contributed by atoms with Crippen LogP contribution < -0.4 is 4.90 Å². The summed E-state index contributed by atoms with van der Waals surface area (Å²) in [6, 6.07) is 10.5. The fraction of sp³-hybridized carbons (Fsp3) is 0.227. The topological polar surface area (TPSA) is 59.0 Å². The molecule has 3 aliphatic rings. The molecule has 0 saturated carbocycles. The van der Waals surface area contributed by atoms with Gasteiger partial charge < -0.3 is 19.5 Å². The van der Waals surface area contributed by atoms with Gasteiger partial charge in [0, 0.05) is 17.9 Å². The number of fused-ring (bicyclic) bond motifs is 1. The molecule has 2 unspecified atom stereocenters. The zero-order chi connectivity index (χ0) is 20.2. The lowest BCUT2D eigenvalue weighted by Crippen LogP contribution is -2.45. The molecule has 0 radical (unpaired) electrons. The summed E-state index contributed by atoms with van der Waals surface area (Å²) in [7, 11) is 0. The molecule has 0 spiro atoms. The Hall–Kier alpha value is -3.19. The second-order valence-electron chi connectivity index (χ2n) is 7.29. The third kappa shape index (κ3) is 2.65. The lowest BCUT2D eigenvalue weighted by atomic mass is 9.78. The summed E-state index contributed by atoms with van der Waals surface area (Å²) in [5.41, 5.74) is -0.351. The van der Waals surface area contributed by atoms with Crippen LogP contribution in [-0.2, 0) is 26.4 Å². The van der Waals surface area contributed by atoms with Crippen molar-refractivity contribution < 1.29 is 28.2 Å². The quantitative estimate of drug-likeness (QED) is 0.862.